The molecule has 2 N–H and O–H groups in total. The highest BCUT2D eigenvalue weighted by Gasteiger charge is 2.19. The van der Waals surface area contributed by atoms with Crippen molar-refractivity contribution in [1.82, 2.24) is 30.0 Å². The smallest absolute Gasteiger partial charge is 0.123 e. The third kappa shape index (κ3) is 5.34. The van der Waals surface area contributed by atoms with Crippen LogP contribution in [-0.2, 0) is 6.42 Å². The summed E-state index contributed by atoms with van der Waals surface area (Å²) >= 11 is 0. The minimum absolute atomic E-state index is 0.422. The van der Waals surface area contributed by atoms with Gasteiger partial charge in [-0.15, -0.1) is 10.2 Å². The van der Waals surface area contributed by atoms with Crippen LogP contribution >= 0.6 is 0 Å². The largest absolute Gasteiger partial charge is 0.361 e. The van der Waals surface area contributed by atoms with Gasteiger partial charge in [-0.25, -0.2) is 0 Å². The molecular weight excluding hydrogens is 408 g/mol. The molecule has 6 nitrogen and oxygen atoms in total. The standard InChI is InChI=1S/C27H34N6/c1-21(23-6-3-2-4-7-23)28-17-22-11-14-32(15-12-22)13-5-8-24-18-29-27-10-9-25(16-26(24)27)33-19-30-31-20-33/h2-4,6-7,9-10,16,18-22,28-29H,5,8,11-15,17H2,1H3/t21-/m1/s1. The van der Waals surface area contributed by atoms with Crippen molar-refractivity contribution in [3.05, 3.63) is 78.5 Å². The predicted molar refractivity (Wildman–Crippen MR) is 134 cm³/mol. The Kier molecular flexibility index (Phi) is 6.84. The number of hydrogen-bond acceptors (Lipinski definition) is 4. The molecule has 0 saturated carbocycles. The summed E-state index contributed by atoms with van der Waals surface area (Å²) < 4.78 is 1.95. The lowest BCUT2D eigenvalue weighted by molar-refractivity contribution is 0.179. The summed E-state index contributed by atoms with van der Waals surface area (Å²) in [7, 11) is 0. The fourth-order valence-electron chi connectivity index (χ4n) is 4.98. The van der Waals surface area contributed by atoms with E-state index in [-0.39, 0.29) is 0 Å². The van der Waals surface area contributed by atoms with E-state index in [1.54, 1.807) is 12.7 Å². The van der Waals surface area contributed by atoms with Gasteiger partial charge in [-0.05, 0) is 94.0 Å². The first-order valence-corrected chi connectivity index (χ1v) is 12.2. The fourth-order valence-corrected chi connectivity index (χ4v) is 4.98. The van der Waals surface area contributed by atoms with Gasteiger partial charge >= 0.3 is 0 Å². The van der Waals surface area contributed by atoms with Crippen LogP contribution in [0, 0.1) is 5.92 Å². The zero-order chi connectivity index (χ0) is 22.5. The van der Waals surface area contributed by atoms with E-state index in [9.17, 15) is 0 Å². The monoisotopic (exact) mass is 442 g/mol. The lowest BCUT2D eigenvalue weighted by atomic mass is 9.95. The molecule has 0 bridgehead atoms. The van der Waals surface area contributed by atoms with E-state index < -0.39 is 0 Å². The van der Waals surface area contributed by atoms with Crippen molar-refractivity contribution < 1.29 is 0 Å². The fraction of sp³-hybridized carbons (Fsp3) is 0.407. The van der Waals surface area contributed by atoms with E-state index in [4.69, 9.17) is 0 Å². The molecule has 0 amide bonds. The van der Waals surface area contributed by atoms with Gasteiger partial charge in [0.1, 0.15) is 12.7 Å². The van der Waals surface area contributed by atoms with Gasteiger partial charge in [0, 0.05) is 28.8 Å². The van der Waals surface area contributed by atoms with E-state index in [0.717, 1.165) is 24.6 Å². The number of likely N-dealkylation sites (tertiary alicyclic amines) is 1. The molecule has 3 heterocycles. The molecular formula is C27H34N6. The Morgan fingerprint density at radius 3 is 2.64 bits per heavy atom. The highest BCUT2D eigenvalue weighted by molar-refractivity contribution is 5.85. The van der Waals surface area contributed by atoms with Crippen LogP contribution in [0.3, 0.4) is 0 Å². The summed E-state index contributed by atoms with van der Waals surface area (Å²) in [5.74, 6) is 0.789. The van der Waals surface area contributed by atoms with Gasteiger partial charge in [-0.1, -0.05) is 30.3 Å². The highest BCUT2D eigenvalue weighted by Crippen LogP contribution is 2.24. The Morgan fingerprint density at radius 2 is 1.85 bits per heavy atom. The second kappa shape index (κ2) is 10.3. The zero-order valence-electron chi connectivity index (χ0n) is 19.5. The number of benzene rings is 2. The van der Waals surface area contributed by atoms with Crippen molar-refractivity contribution in [2.45, 2.75) is 38.6 Å². The molecule has 1 aliphatic rings. The Morgan fingerprint density at radius 1 is 1.06 bits per heavy atom. The van der Waals surface area contributed by atoms with Crippen molar-refractivity contribution in [2.75, 3.05) is 26.2 Å². The minimum atomic E-state index is 0.422. The number of hydrogen-bond donors (Lipinski definition) is 2. The second-order valence-electron chi connectivity index (χ2n) is 9.34. The van der Waals surface area contributed by atoms with Crippen LogP contribution < -0.4 is 5.32 Å². The van der Waals surface area contributed by atoms with E-state index in [0.29, 0.717) is 6.04 Å². The molecule has 1 atom stereocenters. The maximum absolute atomic E-state index is 3.92. The number of nitrogens with one attached hydrogen (secondary N) is 2. The van der Waals surface area contributed by atoms with E-state index in [1.807, 2.05) is 4.57 Å². The third-order valence-corrected chi connectivity index (χ3v) is 7.11. The van der Waals surface area contributed by atoms with Gasteiger partial charge in [0.15, 0.2) is 0 Å². The Hall–Kier alpha value is -2.96. The number of piperidine rings is 1. The molecule has 1 aliphatic heterocycles. The number of rotatable bonds is 9. The normalized spacial score (nSPS) is 16.4. The maximum Gasteiger partial charge on any atom is 0.123 e. The van der Waals surface area contributed by atoms with Crippen molar-refractivity contribution in [3.63, 3.8) is 0 Å². The number of nitrogens with zero attached hydrogens (tertiary/aromatic N) is 4. The molecule has 4 aromatic rings. The predicted octanol–water partition coefficient (Wildman–Crippen LogP) is 4.74. The number of aryl methyl sites for hydroxylation is 1. The number of aromatic amines is 1. The zero-order valence-corrected chi connectivity index (χ0v) is 19.5. The van der Waals surface area contributed by atoms with Crippen LogP contribution in [-0.4, -0.2) is 50.8 Å². The van der Waals surface area contributed by atoms with Gasteiger partial charge in [0.05, 0.1) is 0 Å². The summed E-state index contributed by atoms with van der Waals surface area (Å²) in [6, 6.07) is 17.7. The first-order valence-electron chi connectivity index (χ1n) is 12.2. The van der Waals surface area contributed by atoms with Crippen LogP contribution in [0.25, 0.3) is 16.6 Å². The number of aromatic nitrogens is 4. The van der Waals surface area contributed by atoms with E-state index >= 15 is 0 Å². The second-order valence-corrected chi connectivity index (χ2v) is 9.34. The van der Waals surface area contributed by atoms with E-state index in [2.05, 4.69) is 87.0 Å². The molecule has 6 heteroatoms. The van der Waals surface area contributed by atoms with Gasteiger partial charge in [-0.2, -0.15) is 0 Å². The Bertz CT molecular complexity index is 1130. The van der Waals surface area contributed by atoms with Gasteiger partial charge in [-0.3, -0.25) is 4.57 Å². The summed E-state index contributed by atoms with van der Waals surface area (Å²) in [4.78, 5) is 6.08. The summed E-state index contributed by atoms with van der Waals surface area (Å²) in [6.45, 7) is 7.01. The first-order chi connectivity index (χ1) is 16.3. The number of H-pyrrole nitrogens is 1. The van der Waals surface area contributed by atoms with Crippen molar-refractivity contribution in [3.8, 4) is 5.69 Å². The summed E-state index contributed by atoms with van der Waals surface area (Å²) in [5.41, 5.74) is 5.07. The summed E-state index contributed by atoms with van der Waals surface area (Å²) in [6.07, 6.45) is 10.5. The van der Waals surface area contributed by atoms with Crippen LogP contribution in [0.15, 0.2) is 67.4 Å². The molecule has 0 unspecified atom stereocenters. The molecule has 33 heavy (non-hydrogen) atoms. The average molecular weight is 443 g/mol. The SMILES string of the molecule is C[C@@H](NCC1CCN(CCCc2c[nH]c3ccc(-n4cnnc4)cc23)CC1)c1ccccc1. The third-order valence-electron chi connectivity index (χ3n) is 7.11. The quantitative estimate of drug-likeness (QED) is 0.393. The maximum atomic E-state index is 3.92. The molecule has 2 aromatic carbocycles. The first kappa shape index (κ1) is 21.9. The molecule has 1 saturated heterocycles. The molecule has 172 valence electrons. The van der Waals surface area contributed by atoms with Crippen molar-refractivity contribution >= 4 is 10.9 Å². The molecule has 5 rings (SSSR count). The highest BCUT2D eigenvalue weighted by atomic mass is 15.2. The van der Waals surface area contributed by atoms with Crippen molar-refractivity contribution in [1.29, 1.82) is 0 Å². The van der Waals surface area contributed by atoms with E-state index in [1.165, 1.54) is 60.9 Å². The minimum Gasteiger partial charge on any atom is -0.361 e. The average Bonchev–Trinajstić information content (AvgIpc) is 3.54. The van der Waals surface area contributed by atoms with Crippen LogP contribution in [0.2, 0.25) is 0 Å². The lowest BCUT2D eigenvalue weighted by Gasteiger charge is -2.32. The Balaban J connectivity index is 1.07. The van der Waals surface area contributed by atoms with Crippen LogP contribution in [0.1, 0.15) is 43.4 Å². The van der Waals surface area contributed by atoms with Crippen molar-refractivity contribution in [2.24, 2.45) is 5.92 Å². The molecule has 1 fully saturated rings. The topological polar surface area (TPSA) is 61.8 Å². The summed E-state index contributed by atoms with van der Waals surface area (Å²) in [5, 5.41) is 12.9. The van der Waals surface area contributed by atoms with Gasteiger partial charge in [0.25, 0.3) is 0 Å². The molecule has 2 aromatic heterocycles. The Labute approximate surface area is 196 Å². The number of fused-ring (bicyclic) bond motifs is 1. The molecule has 0 radical (unpaired) electrons. The lowest BCUT2D eigenvalue weighted by Crippen LogP contribution is -2.38. The van der Waals surface area contributed by atoms with Gasteiger partial charge < -0.3 is 15.2 Å². The van der Waals surface area contributed by atoms with Gasteiger partial charge in [0.2, 0.25) is 0 Å². The van der Waals surface area contributed by atoms with Crippen LogP contribution in [0.5, 0.6) is 0 Å². The molecule has 0 spiro atoms. The van der Waals surface area contributed by atoms with Crippen LogP contribution in [0.4, 0.5) is 0 Å². The molecule has 0 aliphatic carbocycles.